The molecule has 1 aromatic carbocycles. The van der Waals surface area contributed by atoms with E-state index in [2.05, 4.69) is 15.4 Å². The van der Waals surface area contributed by atoms with Gasteiger partial charge in [-0.15, -0.1) is 0 Å². The summed E-state index contributed by atoms with van der Waals surface area (Å²) in [6.07, 6.45) is 0. The highest BCUT2D eigenvalue weighted by molar-refractivity contribution is 6.31. The van der Waals surface area contributed by atoms with Gasteiger partial charge in [0.1, 0.15) is 0 Å². The maximum atomic E-state index is 10.8. The first-order valence-corrected chi connectivity index (χ1v) is 6.92. The highest BCUT2D eigenvalue weighted by atomic mass is 35.5. The smallest absolute Gasteiger partial charge is 0.309 e. The number of amidine groups is 1. The van der Waals surface area contributed by atoms with Crippen LogP contribution in [0.2, 0.25) is 5.02 Å². The first-order chi connectivity index (χ1) is 10.0. The molecule has 1 aliphatic heterocycles. The van der Waals surface area contributed by atoms with Gasteiger partial charge in [-0.3, -0.25) is 19.5 Å². The van der Waals surface area contributed by atoms with Crippen LogP contribution in [0.25, 0.3) is 0 Å². The number of rotatable bonds is 5. The summed E-state index contributed by atoms with van der Waals surface area (Å²) in [4.78, 5) is 21.8. The van der Waals surface area contributed by atoms with E-state index in [1.54, 1.807) is 7.05 Å². The Hall–Kier alpha value is -1.63. The fourth-order valence-electron chi connectivity index (χ4n) is 2.25. The number of benzene rings is 1. The van der Waals surface area contributed by atoms with Crippen molar-refractivity contribution in [3.05, 3.63) is 34.3 Å². The predicted octanol–water partition coefficient (Wildman–Crippen LogP) is 1.38. The third-order valence-electron chi connectivity index (χ3n) is 3.45. The van der Waals surface area contributed by atoms with Crippen LogP contribution in [-0.2, 0) is 16.2 Å². The number of nitrogens with one attached hydrogen (secondary N) is 1. The van der Waals surface area contributed by atoms with E-state index < -0.39 is 5.97 Å². The molecule has 114 valence electrons. The molecule has 7 heteroatoms. The van der Waals surface area contributed by atoms with Gasteiger partial charge in [-0.05, 0) is 11.6 Å². The minimum Gasteiger partial charge on any atom is -0.481 e. The van der Waals surface area contributed by atoms with E-state index >= 15 is 0 Å². The van der Waals surface area contributed by atoms with E-state index in [4.69, 9.17) is 21.5 Å². The first-order valence-electron chi connectivity index (χ1n) is 6.55. The normalized spacial score (nSPS) is 16.6. The van der Waals surface area contributed by atoms with Crippen LogP contribution in [0.4, 0.5) is 0 Å². The SMILES string of the molecule is CN=C(NOC)c1ccc(CN2CC(C(=O)O)C2)c(Cl)c1. The number of nitrogens with zero attached hydrogens (tertiary/aromatic N) is 2. The van der Waals surface area contributed by atoms with E-state index in [9.17, 15) is 4.79 Å². The monoisotopic (exact) mass is 311 g/mol. The second-order valence-corrected chi connectivity index (χ2v) is 5.32. The highest BCUT2D eigenvalue weighted by Crippen LogP contribution is 2.24. The third-order valence-corrected chi connectivity index (χ3v) is 3.80. The number of carbonyl (C=O) groups is 1. The first kappa shape index (κ1) is 15.8. The number of carboxylic acids is 1. The molecule has 1 aromatic rings. The number of halogens is 1. The lowest BCUT2D eigenvalue weighted by atomic mass is 9.99. The molecule has 1 aliphatic rings. The van der Waals surface area contributed by atoms with Crippen LogP contribution < -0.4 is 5.48 Å². The van der Waals surface area contributed by atoms with Crippen molar-refractivity contribution in [3.8, 4) is 0 Å². The number of hydroxylamine groups is 1. The lowest BCUT2D eigenvalue weighted by Gasteiger charge is -2.36. The molecule has 0 radical (unpaired) electrons. The number of hydrogen-bond acceptors (Lipinski definition) is 4. The molecule has 0 atom stereocenters. The molecular weight excluding hydrogens is 294 g/mol. The van der Waals surface area contributed by atoms with Gasteiger partial charge >= 0.3 is 5.97 Å². The van der Waals surface area contributed by atoms with Crippen molar-refractivity contribution >= 4 is 23.4 Å². The van der Waals surface area contributed by atoms with Gasteiger partial charge in [0.15, 0.2) is 5.84 Å². The molecular formula is C14H18ClN3O3. The van der Waals surface area contributed by atoms with Crippen molar-refractivity contribution in [2.24, 2.45) is 10.9 Å². The molecule has 0 unspecified atom stereocenters. The molecule has 0 aliphatic carbocycles. The Bertz CT molecular complexity index is 556. The predicted molar refractivity (Wildman–Crippen MR) is 80.5 cm³/mol. The molecule has 1 fully saturated rings. The third kappa shape index (κ3) is 3.72. The van der Waals surface area contributed by atoms with Crippen molar-refractivity contribution < 1.29 is 14.7 Å². The Kier molecular flexibility index (Phi) is 5.17. The van der Waals surface area contributed by atoms with E-state index in [1.165, 1.54) is 7.11 Å². The molecule has 0 aromatic heterocycles. The molecule has 21 heavy (non-hydrogen) atoms. The molecule has 1 saturated heterocycles. The van der Waals surface area contributed by atoms with Crippen LogP contribution in [0.3, 0.4) is 0 Å². The zero-order valence-corrected chi connectivity index (χ0v) is 12.7. The van der Waals surface area contributed by atoms with Crippen LogP contribution in [0.15, 0.2) is 23.2 Å². The van der Waals surface area contributed by atoms with Gasteiger partial charge in [-0.1, -0.05) is 23.7 Å². The van der Waals surface area contributed by atoms with Gasteiger partial charge < -0.3 is 5.11 Å². The average Bonchev–Trinajstić information content (AvgIpc) is 2.40. The van der Waals surface area contributed by atoms with Crippen molar-refractivity contribution in [3.63, 3.8) is 0 Å². The maximum absolute atomic E-state index is 10.8. The fraction of sp³-hybridized carbons (Fsp3) is 0.429. The van der Waals surface area contributed by atoms with Crippen LogP contribution in [-0.4, -0.2) is 49.1 Å². The maximum Gasteiger partial charge on any atom is 0.309 e. The number of aliphatic imine (C=N–C) groups is 1. The summed E-state index contributed by atoms with van der Waals surface area (Å²) in [7, 11) is 3.18. The van der Waals surface area contributed by atoms with E-state index in [1.807, 2.05) is 18.2 Å². The van der Waals surface area contributed by atoms with Crippen LogP contribution in [0.1, 0.15) is 11.1 Å². The summed E-state index contributed by atoms with van der Waals surface area (Å²) in [6, 6.07) is 5.65. The number of carboxylic acid groups (broad SMARTS) is 1. The zero-order valence-electron chi connectivity index (χ0n) is 12.0. The molecule has 2 rings (SSSR count). The summed E-state index contributed by atoms with van der Waals surface area (Å²) in [5.41, 5.74) is 4.50. The number of aliphatic carboxylic acids is 1. The topological polar surface area (TPSA) is 74.2 Å². The van der Waals surface area contributed by atoms with Gasteiger partial charge in [0.05, 0.1) is 13.0 Å². The fourth-order valence-corrected chi connectivity index (χ4v) is 2.49. The average molecular weight is 312 g/mol. The zero-order chi connectivity index (χ0) is 15.4. The van der Waals surface area contributed by atoms with Crippen LogP contribution >= 0.6 is 11.6 Å². The van der Waals surface area contributed by atoms with E-state index in [0.717, 1.165) is 11.1 Å². The summed E-state index contributed by atoms with van der Waals surface area (Å²) < 4.78 is 0. The van der Waals surface area contributed by atoms with Gasteiger partial charge in [0, 0.05) is 37.3 Å². The Labute approximate surface area is 128 Å². The van der Waals surface area contributed by atoms with E-state index in [-0.39, 0.29) is 5.92 Å². The van der Waals surface area contributed by atoms with Gasteiger partial charge in [0.2, 0.25) is 0 Å². The summed E-state index contributed by atoms with van der Waals surface area (Å²) in [5, 5.41) is 9.49. The van der Waals surface area contributed by atoms with E-state index in [0.29, 0.717) is 30.5 Å². The molecule has 0 bridgehead atoms. The molecule has 1 heterocycles. The van der Waals surface area contributed by atoms with Crippen molar-refractivity contribution in [1.82, 2.24) is 10.4 Å². The molecule has 6 nitrogen and oxygen atoms in total. The molecule has 0 amide bonds. The number of hydrogen-bond donors (Lipinski definition) is 2. The van der Waals surface area contributed by atoms with Crippen molar-refractivity contribution in [1.29, 1.82) is 0 Å². The standard InChI is InChI=1S/C14H18ClN3O3/c1-16-13(17-21-2)9-3-4-10(12(15)5-9)6-18-7-11(8-18)14(19)20/h3-5,11H,6-8H2,1-2H3,(H,16,17)(H,19,20). The Morgan fingerprint density at radius 2 is 2.29 bits per heavy atom. The molecule has 0 saturated carbocycles. The highest BCUT2D eigenvalue weighted by Gasteiger charge is 2.32. The quantitative estimate of drug-likeness (QED) is 0.488. The Morgan fingerprint density at radius 1 is 1.57 bits per heavy atom. The lowest BCUT2D eigenvalue weighted by molar-refractivity contribution is -0.147. The van der Waals surface area contributed by atoms with Gasteiger partial charge in [-0.2, -0.15) is 0 Å². The Balaban J connectivity index is 2.02. The minimum absolute atomic E-state index is 0.257. The summed E-state index contributed by atoms with van der Waals surface area (Å²) in [5.74, 6) is -0.393. The largest absolute Gasteiger partial charge is 0.481 e. The summed E-state index contributed by atoms with van der Waals surface area (Å²) in [6.45, 7) is 1.79. The van der Waals surface area contributed by atoms with Crippen molar-refractivity contribution in [2.75, 3.05) is 27.2 Å². The molecule has 2 N–H and O–H groups in total. The van der Waals surface area contributed by atoms with Crippen LogP contribution in [0.5, 0.6) is 0 Å². The lowest BCUT2D eigenvalue weighted by Crippen LogP contribution is -2.49. The van der Waals surface area contributed by atoms with Crippen molar-refractivity contribution in [2.45, 2.75) is 6.54 Å². The number of likely N-dealkylation sites (tertiary alicyclic amines) is 1. The minimum atomic E-state index is -0.734. The van der Waals surface area contributed by atoms with Crippen LogP contribution in [0, 0.1) is 5.92 Å². The Morgan fingerprint density at radius 3 is 2.81 bits per heavy atom. The summed E-state index contributed by atoms with van der Waals surface area (Å²) >= 11 is 6.29. The molecule has 0 spiro atoms. The van der Waals surface area contributed by atoms with Gasteiger partial charge in [-0.25, -0.2) is 5.48 Å². The second-order valence-electron chi connectivity index (χ2n) is 4.91. The van der Waals surface area contributed by atoms with Gasteiger partial charge in [0.25, 0.3) is 0 Å². The second kappa shape index (κ2) is 6.89.